The van der Waals surface area contributed by atoms with Crippen molar-refractivity contribution < 1.29 is 38.0 Å². The van der Waals surface area contributed by atoms with Gasteiger partial charge in [-0.1, -0.05) is 40.2 Å². The second-order valence-corrected chi connectivity index (χ2v) is 10.4. The number of allylic oxidation sites excluding steroid dienone is 1. The van der Waals surface area contributed by atoms with Crippen LogP contribution in [0, 0.1) is 5.82 Å². The Morgan fingerprint density at radius 2 is 1.89 bits per heavy atom. The van der Waals surface area contributed by atoms with Gasteiger partial charge in [-0.05, 0) is 55.8 Å². The minimum absolute atomic E-state index is 0.0316. The molecule has 0 fully saturated rings. The predicted octanol–water partition coefficient (Wildman–Crippen LogP) is 4.69. The van der Waals surface area contributed by atoms with Gasteiger partial charge in [-0.15, -0.1) is 0 Å². The van der Waals surface area contributed by atoms with Crippen LogP contribution in [0.25, 0.3) is 0 Å². The summed E-state index contributed by atoms with van der Waals surface area (Å²) < 4.78 is 37.0. The van der Waals surface area contributed by atoms with E-state index >= 15 is 0 Å². The van der Waals surface area contributed by atoms with Gasteiger partial charge >= 0.3 is 12.0 Å². The van der Waals surface area contributed by atoms with Gasteiger partial charge in [-0.2, -0.15) is 5.10 Å². The van der Waals surface area contributed by atoms with E-state index in [9.17, 15) is 19.1 Å². The van der Waals surface area contributed by atoms with Gasteiger partial charge in [0.2, 0.25) is 0 Å². The Morgan fingerprint density at radius 1 is 1.11 bits per heavy atom. The van der Waals surface area contributed by atoms with Crippen molar-refractivity contribution in [3.63, 3.8) is 0 Å². The number of ether oxygens (including phenoxy) is 4. The Bertz CT molecular complexity index is 1570. The standard InChI is InChI=1S/C31H32BrFN4O7/c1-4-42-26-14-19(29-28(30(39)41-3)18(2)35-31(40)36-29)9-11-25(26)44-17-27(38)37-34-15-21-13-22(32)10-12-24(21)43-16-20-7-5-6-8-23(20)33/h5-15,27,29,37-38H,4,16-17H2,1-3H3,(H2,35,36,40)/b34-15-/t27-,29-/m1/s1. The van der Waals surface area contributed by atoms with E-state index in [2.05, 4.69) is 37.1 Å². The van der Waals surface area contributed by atoms with E-state index in [0.717, 1.165) is 4.47 Å². The average Bonchev–Trinajstić information content (AvgIpc) is 3.00. The smallest absolute Gasteiger partial charge is 0.337 e. The molecule has 3 aromatic rings. The Kier molecular flexibility index (Phi) is 11.2. The Balaban J connectivity index is 1.41. The van der Waals surface area contributed by atoms with Gasteiger partial charge in [0.05, 0.1) is 31.5 Å². The fraction of sp³-hybridized carbons (Fsp3) is 0.258. The second-order valence-electron chi connectivity index (χ2n) is 9.48. The highest BCUT2D eigenvalue weighted by molar-refractivity contribution is 9.10. The van der Waals surface area contributed by atoms with Crippen LogP contribution < -0.4 is 30.3 Å². The number of hydrazone groups is 1. The van der Waals surface area contributed by atoms with Gasteiger partial charge in [-0.3, -0.25) is 5.43 Å². The Morgan fingerprint density at radius 3 is 2.64 bits per heavy atom. The van der Waals surface area contributed by atoms with Crippen molar-refractivity contribution in [2.45, 2.75) is 32.7 Å². The summed E-state index contributed by atoms with van der Waals surface area (Å²) in [5.74, 6) is 0.208. The van der Waals surface area contributed by atoms with Gasteiger partial charge in [0.15, 0.2) is 17.7 Å². The summed E-state index contributed by atoms with van der Waals surface area (Å²) in [6, 6.07) is 15.4. The van der Waals surface area contributed by atoms with E-state index < -0.39 is 24.3 Å². The summed E-state index contributed by atoms with van der Waals surface area (Å²) in [7, 11) is 1.27. The van der Waals surface area contributed by atoms with Crippen molar-refractivity contribution in [2.75, 3.05) is 20.3 Å². The molecule has 3 aromatic carbocycles. The lowest BCUT2D eigenvalue weighted by Gasteiger charge is -2.28. The van der Waals surface area contributed by atoms with Crippen LogP contribution in [-0.4, -0.2) is 49.9 Å². The number of nitrogens with one attached hydrogen (secondary N) is 3. The average molecular weight is 672 g/mol. The SMILES string of the molecule is CCOc1cc([C@H]2NC(=O)NC(C)=C2C(=O)OC)ccc1OC[C@@H](O)N/N=C\c1cc(Br)ccc1OCc1ccccc1F. The molecule has 4 rings (SSSR count). The highest BCUT2D eigenvalue weighted by Crippen LogP contribution is 2.35. The molecule has 11 nitrogen and oxygen atoms in total. The zero-order chi connectivity index (χ0) is 31.6. The highest BCUT2D eigenvalue weighted by atomic mass is 79.9. The normalized spacial score (nSPS) is 15.3. The molecule has 0 bridgehead atoms. The van der Waals surface area contributed by atoms with E-state index in [1.807, 2.05) is 0 Å². The first-order chi connectivity index (χ1) is 21.2. The topological polar surface area (TPSA) is 140 Å². The van der Waals surface area contributed by atoms with Crippen LogP contribution >= 0.6 is 15.9 Å². The number of amides is 2. The molecule has 0 saturated carbocycles. The number of aliphatic hydroxyl groups is 1. The molecule has 2 atom stereocenters. The monoisotopic (exact) mass is 670 g/mol. The molecular formula is C31H32BrFN4O7. The quantitative estimate of drug-likeness (QED) is 0.0889. The van der Waals surface area contributed by atoms with E-state index in [-0.39, 0.29) is 24.6 Å². The minimum atomic E-state index is -1.20. The zero-order valence-corrected chi connectivity index (χ0v) is 25.8. The number of urea groups is 1. The molecule has 0 radical (unpaired) electrons. The Labute approximate surface area is 262 Å². The summed E-state index contributed by atoms with van der Waals surface area (Å²) in [5, 5.41) is 19.9. The van der Waals surface area contributed by atoms with Gasteiger partial charge < -0.3 is 34.7 Å². The van der Waals surface area contributed by atoms with E-state index in [1.165, 1.54) is 19.4 Å². The van der Waals surface area contributed by atoms with Crippen LogP contribution in [0.2, 0.25) is 0 Å². The number of nitrogens with zero attached hydrogens (tertiary/aromatic N) is 1. The molecule has 1 aliphatic heterocycles. The number of carbonyl (C=O) groups is 2. The van der Waals surface area contributed by atoms with Crippen molar-refractivity contribution in [2.24, 2.45) is 5.10 Å². The third-order valence-corrected chi connectivity index (χ3v) is 6.91. The molecule has 13 heteroatoms. The van der Waals surface area contributed by atoms with Crippen LogP contribution in [0.3, 0.4) is 0 Å². The molecule has 232 valence electrons. The summed E-state index contributed by atoms with van der Waals surface area (Å²) >= 11 is 3.42. The zero-order valence-electron chi connectivity index (χ0n) is 24.2. The Hall–Kier alpha value is -4.62. The third-order valence-electron chi connectivity index (χ3n) is 6.41. The molecule has 44 heavy (non-hydrogen) atoms. The molecule has 0 aliphatic carbocycles. The molecule has 0 unspecified atom stereocenters. The van der Waals surface area contributed by atoms with Gasteiger partial charge in [0, 0.05) is 21.3 Å². The first-order valence-electron chi connectivity index (χ1n) is 13.6. The molecule has 0 aromatic heterocycles. The van der Waals surface area contributed by atoms with Crippen molar-refractivity contribution in [1.82, 2.24) is 16.1 Å². The number of rotatable bonds is 13. The van der Waals surface area contributed by atoms with Gasteiger partial charge in [0.25, 0.3) is 0 Å². The number of aliphatic hydroxyl groups excluding tert-OH is 1. The van der Waals surface area contributed by atoms with Crippen LogP contribution in [0.4, 0.5) is 9.18 Å². The number of benzene rings is 3. The number of hydrogen-bond donors (Lipinski definition) is 4. The maximum atomic E-state index is 14.0. The molecule has 0 spiro atoms. The highest BCUT2D eigenvalue weighted by Gasteiger charge is 2.32. The van der Waals surface area contributed by atoms with E-state index in [4.69, 9.17) is 18.9 Å². The van der Waals surface area contributed by atoms with Crippen LogP contribution in [0.5, 0.6) is 17.2 Å². The van der Waals surface area contributed by atoms with Gasteiger partial charge in [-0.25, -0.2) is 14.0 Å². The summed E-state index contributed by atoms with van der Waals surface area (Å²) in [6.07, 6.45) is 0.267. The number of carbonyl (C=O) groups excluding carboxylic acids is 2. The summed E-state index contributed by atoms with van der Waals surface area (Å²) in [5.41, 5.74) is 4.81. The first-order valence-corrected chi connectivity index (χ1v) is 14.4. The fourth-order valence-electron chi connectivity index (χ4n) is 4.34. The summed E-state index contributed by atoms with van der Waals surface area (Å²) in [6.45, 7) is 3.57. The molecule has 2 amide bonds. The third kappa shape index (κ3) is 8.26. The number of hydrogen-bond acceptors (Lipinski definition) is 9. The largest absolute Gasteiger partial charge is 0.490 e. The number of esters is 1. The van der Waals surface area contributed by atoms with Crippen LogP contribution in [-0.2, 0) is 16.1 Å². The molecule has 0 saturated heterocycles. The molecular weight excluding hydrogens is 639 g/mol. The number of methoxy groups -OCH3 is 1. The van der Waals surface area contributed by atoms with E-state index in [0.29, 0.717) is 46.2 Å². The first kappa shape index (κ1) is 32.3. The van der Waals surface area contributed by atoms with Crippen molar-refractivity contribution in [3.05, 3.63) is 98.9 Å². The van der Waals surface area contributed by atoms with Crippen molar-refractivity contribution in [3.8, 4) is 17.2 Å². The van der Waals surface area contributed by atoms with Crippen LogP contribution in [0.15, 0.2) is 81.5 Å². The van der Waals surface area contributed by atoms with E-state index in [1.54, 1.807) is 68.4 Å². The van der Waals surface area contributed by atoms with Gasteiger partial charge in [0.1, 0.15) is 24.8 Å². The molecule has 1 heterocycles. The maximum Gasteiger partial charge on any atom is 0.337 e. The summed E-state index contributed by atoms with van der Waals surface area (Å²) in [4.78, 5) is 24.6. The second kappa shape index (κ2) is 15.2. The molecule has 1 aliphatic rings. The minimum Gasteiger partial charge on any atom is -0.490 e. The lowest BCUT2D eigenvalue weighted by atomic mass is 9.95. The maximum absolute atomic E-state index is 14.0. The number of halogens is 2. The predicted molar refractivity (Wildman–Crippen MR) is 164 cm³/mol. The lowest BCUT2D eigenvalue weighted by Crippen LogP contribution is -2.45. The fourth-order valence-corrected chi connectivity index (χ4v) is 4.72. The van der Waals surface area contributed by atoms with Crippen molar-refractivity contribution >= 4 is 34.1 Å². The lowest BCUT2D eigenvalue weighted by molar-refractivity contribution is -0.136. The van der Waals surface area contributed by atoms with Crippen molar-refractivity contribution in [1.29, 1.82) is 0 Å². The van der Waals surface area contributed by atoms with Crippen LogP contribution in [0.1, 0.15) is 36.6 Å². The molecule has 4 N–H and O–H groups in total.